The van der Waals surface area contributed by atoms with Crippen molar-refractivity contribution in [3.8, 4) is 0 Å². The van der Waals surface area contributed by atoms with Crippen LogP contribution in [0.3, 0.4) is 0 Å². The number of carbonyl (C=O) groups is 1. The number of anilines is 2. The number of hydrogen-bond acceptors (Lipinski definition) is 5. The van der Waals surface area contributed by atoms with Crippen molar-refractivity contribution >= 4 is 28.2 Å². The van der Waals surface area contributed by atoms with Crippen LogP contribution in [-0.4, -0.2) is 35.4 Å². The highest BCUT2D eigenvalue weighted by molar-refractivity contribution is 7.18. The van der Waals surface area contributed by atoms with Gasteiger partial charge in [-0.05, 0) is 31.6 Å². The average molecular weight is 310 g/mol. The van der Waals surface area contributed by atoms with Crippen LogP contribution in [0.25, 0.3) is 0 Å². The van der Waals surface area contributed by atoms with Crippen LogP contribution in [0.5, 0.6) is 0 Å². The lowest BCUT2D eigenvalue weighted by atomic mass is 9.98. The van der Waals surface area contributed by atoms with Crippen LogP contribution in [0.1, 0.15) is 55.6 Å². The van der Waals surface area contributed by atoms with Crippen molar-refractivity contribution in [2.75, 3.05) is 30.7 Å². The molecule has 1 aliphatic rings. The third kappa shape index (κ3) is 4.09. The number of nitrogens with two attached hydrogens (primary N) is 1. The Balaban J connectivity index is 2.03. The molecule has 1 saturated heterocycles. The largest absolute Gasteiger partial charge is 0.382 e. The molecule has 0 radical (unpaired) electrons. The third-order valence-electron chi connectivity index (χ3n) is 4.09. The Morgan fingerprint density at radius 3 is 2.95 bits per heavy atom. The predicted molar refractivity (Wildman–Crippen MR) is 88.8 cm³/mol. The van der Waals surface area contributed by atoms with Gasteiger partial charge in [0, 0.05) is 19.6 Å². The Hall–Kier alpha value is -1.30. The summed E-state index contributed by atoms with van der Waals surface area (Å²) in [6.45, 7) is 6.85. The predicted octanol–water partition coefficient (Wildman–Crippen LogP) is 3.20. The monoisotopic (exact) mass is 310 g/mol. The highest BCUT2D eigenvalue weighted by Gasteiger charge is 2.24. The van der Waals surface area contributed by atoms with E-state index in [9.17, 15) is 4.79 Å². The van der Waals surface area contributed by atoms with E-state index in [1.54, 1.807) is 0 Å². The number of nitrogen functional groups attached to an aromatic ring is 1. The number of carbonyl (C=O) groups excluding carboxylic acids is 1. The van der Waals surface area contributed by atoms with Gasteiger partial charge in [-0.3, -0.25) is 4.79 Å². The number of nitrogens with one attached hydrogen (secondary N) is 1. The summed E-state index contributed by atoms with van der Waals surface area (Å²) in [7, 11) is 0. The van der Waals surface area contributed by atoms with E-state index in [1.165, 1.54) is 24.2 Å². The normalized spacial score (nSPS) is 19.3. The first-order chi connectivity index (χ1) is 10.2. The van der Waals surface area contributed by atoms with Gasteiger partial charge in [0.1, 0.15) is 10.7 Å². The molecule has 1 atom stereocenters. The second kappa shape index (κ2) is 7.64. The lowest BCUT2D eigenvalue weighted by Crippen LogP contribution is -2.31. The molecule has 1 aromatic rings. The molecule has 0 bridgehead atoms. The molecule has 21 heavy (non-hydrogen) atoms. The summed E-state index contributed by atoms with van der Waals surface area (Å²) in [4.78, 5) is 19.4. The Morgan fingerprint density at radius 1 is 1.43 bits per heavy atom. The van der Waals surface area contributed by atoms with E-state index in [1.807, 2.05) is 4.90 Å². The molecule has 2 heterocycles. The van der Waals surface area contributed by atoms with Crippen molar-refractivity contribution in [1.82, 2.24) is 9.88 Å². The molecular formula is C15H26N4OS. The topological polar surface area (TPSA) is 71.2 Å². The lowest BCUT2D eigenvalue weighted by molar-refractivity contribution is 0.0765. The van der Waals surface area contributed by atoms with Crippen LogP contribution in [-0.2, 0) is 0 Å². The Bertz CT molecular complexity index is 474. The number of amides is 1. The maximum absolute atomic E-state index is 12.6. The molecule has 3 N–H and O–H groups in total. The fraction of sp³-hybridized carbons (Fsp3) is 0.733. The minimum absolute atomic E-state index is 0.0475. The number of likely N-dealkylation sites (tertiary alicyclic amines) is 1. The van der Waals surface area contributed by atoms with E-state index < -0.39 is 0 Å². The summed E-state index contributed by atoms with van der Waals surface area (Å²) in [5, 5.41) is 3.95. The van der Waals surface area contributed by atoms with E-state index in [0.29, 0.717) is 10.7 Å². The van der Waals surface area contributed by atoms with Crippen LogP contribution in [0.4, 0.5) is 10.9 Å². The number of aromatic nitrogens is 1. The van der Waals surface area contributed by atoms with Crippen molar-refractivity contribution in [1.29, 1.82) is 0 Å². The molecule has 6 heteroatoms. The summed E-state index contributed by atoms with van der Waals surface area (Å²) < 4.78 is 0. The molecule has 0 aliphatic carbocycles. The van der Waals surface area contributed by atoms with Gasteiger partial charge in [-0.15, -0.1) is 0 Å². The first-order valence-corrected chi connectivity index (χ1v) is 8.76. The van der Waals surface area contributed by atoms with Crippen molar-refractivity contribution < 1.29 is 4.79 Å². The van der Waals surface area contributed by atoms with Crippen molar-refractivity contribution in [3.63, 3.8) is 0 Å². The molecule has 118 valence electrons. The summed E-state index contributed by atoms with van der Waals surface area (Å²) >= 11 is 1.38. The molecule has 5 nitrogen and oxygen atoms in total. The highest BCUT2D eigenvalue weighted by atomic mass is 32.1. The molecule has 1 aliphatic heterocycles. The highest BCUT2D eigenvalue weighted by Crippen LogP contribution is 2.28. The molecule has 1 fully saturated rings. The van der Waals surface area contributed by atoms with E-state index in [2.05, 4.69) is 24.1 Å². The van der Waals surface area contributed by atoms with Crippen LogP contribution in [0.2, 0.25) is 0 Å². The van der Waals surface area contributed by atoms with Gasteiger partial charge < -0.3 is 16.0 Å². The van der Waals surface area contributed by atoms with Crippen molar-refractivity contribution in [2.45, 2.75) is 46.0 Å². The van der Waals surface area contributed by atoms with Gasteiger partial charge in [0.05, 0.1) is 0 Å². The van der Waals surface area contributed by atoms with Crippen LogP contribution >= 0.6 is 11.3 Å². The van der Waals surface area contributed by atoms with Crippen LogP contribution in [0, 0.1) is 5.92 Å². The number of nitrogens with zero attached hydrogens (tertiary/aromatic N) is 2. The van der Waals surface area contributed by atoms with E-state index in [-0.39, 0.29) is 5.91 Å². The quantitative estimate of drug-likeness (QED) is 0.876. The molecule has 0 spiro atoms. The average Bonchev–Trinajstić information content (AvgIpc) is 2.71. The minimum atomic E-state index is 0.0475. The van der Waals surface area contributed by atoms with Gasteiger partial charge >= 0.3 is 0 Å². The number of hydrogen-bond donors (Lipinski definition) is 2. The Labute approximate surface area is 130 Å². The Morgan fingerprint density at radius 2 is 2.24 bits per heavy atom. The van der Waals surface area contributed by atoms with Crippen LogP contribution in [0.15, 0.2) is 0 Å². The third-order valence-corrected chi connectivity index (χ3v) is 5.10. The standard InChI is InChI=1S/C15H26N4OS/c1-3-8-17-15-18-13(16)12(21-15)14(20)19-9-5-6-11(4-2)7-10-19/h11H,3-10,16H2,1-2H3,(H,17,18). The SMILES string of the molecule is CCCNc1nc(N)c(C(=O)N2CCCC(CC)CC2)s1. The summed E-state index contributed by atoms with van der Waals surface area (Å²) in [6, 6.07) is 0. The fourth-order valence-electron chi connectivity index (χ4n) is 2.71. The molecule has 0 aromatic carbocycles. The van der Waals surface area contributed by atoms with Crippen LogP contribution < -0.4 is 11.1 Å². The van der Waals surface area contributed by atoms with Crippen molar-refractivity contribution in [2.24, 2.45) is 5.92 Å². The Kier molecular flexibility index (Phi) is 5.85. The maximum Gasteiger partial charge on any atom is 0.267 e. The number of rotatable bonds is 5. The lowest BCUT2D eigenvalue weighted by Gasteiger charge is -2.19. The molecule has 2 rings (SSSR count). The van der Waals surface area contributed by atoms with E-state index >= 15 is 0 Å². The molecule has 1 aromatic heterocycles. The molecule has 1 unspecified atom stereocenters. The zero-order chi connectivity index (χ0) is 15.2. The van der Waals surface area contributed by atoms with E-state index in [4.69, 9.17) is 5.73 Å². The first kappa shape index (κ1) is 16.1. The summed E-state index contributed by atoms with van der Waals surface area (Å²) in [6.07, 6.45) is 5.64. The smallest absolute Gasteiger partial charge is 0.267 e. The van der Waals surface area contributed by atoms with Crippen molar-refractivity contribution in [3.05, 3.63) is 4.88 Å². The molecule has 0 saturated carbocycles. The zero-order valence-corrected chi connectivity index (χ0v) is 13.8. The maximum atomic E-state index is 12.6. The minimum Gasteiger partial charge on any atom is -0.382 e. The summed E-state index contributed by atoms with van der Waals surface area (Å²) in [5.41, 5.74) is 5.93. The summed E-state index contributed by atoms with van der Waals surface area (Å²) in [5.74, 6) is 1.16. The van der Waals surface area contributed by atoms with E-state index in [0.717, 1.165) is 49.9 Å². The van der Waals surface area contributed by atoms with Gasteiger partial charge in [-0.2, -0.15) is 0 Å². The fourth-order valence-corrected chi connectivity index (χ4v) is 3.59. The number of thiazole rings is 1. The van der Waals surface area contributed by atoms with Gasteiger partial charge in [0.2, 0.25) is 0 Å². The second-order valence-corrected chi connectivity index (χ2v) is 6.66. The second-order valence-electron chi connectivity index (χ2n) is 5.66. The van der Waals surface area contributed by atoms with Gasteiger partial charge in [-0.1, -0.05) is 31.6 Å². The molecule has 1 amide bonds. The first-order valence-electron chi connectivity index (χ1n) is 7.95. The van der Waals surface area contributed by atoms with Gasteiger partial charge in [-0.25, -0.2) is 4.98 Å². The molecular weight excluding hydrogens is 284 g/mol. The van der Waals surface area contributed by atoms with Gasteiger partial charge in [0.25, 0.3) is 5.91 Å². The van der Waals surface area contributed by atoms with Gasteiger partial charge in [0.15, 0.2) is 5.13 Å². The zero-order valence-electron chi connectivity index (χ0n) is 13.0.